The molecule has 64 valence electrons. The fourth-order valence-corrected chi connectivity index (χ4v) is 1.22. The van der Waals surface area contributed by atoms with Crippen LogP contribution in [0, 0.1) is 0 Å². The summed E-state index contributed by atoms with van der Waals surface area (Å²) in [5, 5.41) is 0. The molecule has 0 amide bonds. The standard InChI is InChI=1S/C9H10O2S/c1-7(2)8-3-5-9(6-4-8)12(10)11/h3-6H,1H2,2H3,(H,10,11). The SMILES string of the molecule is C=C(C)c1ccc(S(=O)O)cc1. The van der Waals surface area contributed by atoms with Gasteiger partial charge < -0.3 is 4.55 Å². The highest BCUT2D eigenvalue weighted by molar-refractivity contribution is 7.79. The summed E-state index contributed by atoms with van der Waals surface area (Å²) in [5.74, 6) is 0. The van der Waals surface area contributed by atoms with Crippen LogP contribution in [0.1, 0.15) is 12.5 Å². The molecule has 0 saturated carbocycles. The lowest BCUT2D eigenvalue weighted by molar-refractivity contribution is 0.564. The van der Waals surface area contributed by atoms with Gasteiger partial charge >= 0.3 is 0 Å². The maximum Gasteiger partial charge on any atom is 0.186 e. The van der Waals surface area contributed by atoms with Gasteiger partial charge in [-0.15, -0.1) is 0 Å². The zero-order chi connectivity index (χ0) is 9.14. The third kappa shape index (κ3) is 2.03. The van der Waals surface area contributed by atoms with Crippen LogP contribution in [0.2, 0.25) is 0 Å². The van der Waals surface area contributed by atoms with E-state index in [9.17, 15) is 4.21 Å². The van der Waals surface area contributed by atoms with Crippen LogP contribution in [0.25, 0.3) is 5.57 Å². The molecule has 1 aromatic rings. The van der Waals surface area contributed by atoms with E-state index < -0.39 is 11.1 Å². The maximum absolute atomic E-state index is 10.6. The van der Waals surface area contributed by atoms with E-state index in [1.54, 1.807) is 24.3 Å². The van der Waals surface area contributed by atoms with E-state index in [0.717, 1.165) is 11.1 Å². The minimum Gasteiger partial charge on any atom is -0.302 e. The number of allylic oxidation sites excluding steroid dienone is 1. The lowest BCUT2D eigenvalue weighted by Gasteiger charge is -1.99. The van der Waals surface area contributed by atoms with Crippen molar-refractivity contribution in [2.75, 3.05) is 0 Å². The van der Waals surface area contributed by atoms with E-state index in [2.05, 4.69) is 6.58 Å². The molecule has 1 aromatic carbocycles. The van der Waals surface area contributed by atoms with Crippen molar-refractivity contribution in [1.29, 1.82) is 0 Å². The van der Waals surface area contributed by atoms with Crippen molar-refractivity contribution in [3.63, 3.8) is 0 Å². The van der Waals surface area contributed by atoms with E-state index in [4.69, 9.17) is 4.55 Å². The van der Waals surface area contributed by atoms with Crippen molar-refractivity contribution in [3.8, 4) is 0 Å². The first-order valence-electron chi connectivity index (χ1n) is 3.48. The molecule has 0 saturated heterocycles. The summed E-state index contributed by atoms with van der Waals surface area (Å²) in [4.78, 5) is 0.417. The van der Waals surface area contributed by atoms with Gasteiger partial charge in [0.15, 0.2) is 11.1 Å². The summed E-state index contributed by atoms with van der Waals surface area (Å²) in [6.45, 7) is 5.66. The van der Waals surface area contributed by atoms with Crippen molar-refractivity contribution < 1.29 is 8.76 Å². The molecule has 2 nitrogen and oxygen atoms in total. The number of rotatable bonds is 2. The van der Waals surface area contributed by atoms with Crippen molar-refractivity contribution >= 4 is 16.7 Å². The number of hydrogen-bond acceptors (Lipinski definition) is 1. The molecule has 1 unspecified atom stereocenters. The van der Waals surface area contributed by atoms with Gasteiger partial charge in [0.1, 0.15) is 0 Å². The van der Waals surface area contributed by atoms with E-state index in [-0.39, 0.29) is 0 Å². The summed E-state index contributed by atoms with van der Waals surface area (Å²) in [7, 11) is 0. The molecule has 0 aromatic heterocycles. The van der Waals surface area contributed by atoms with E-state index in [0.29, 0.717) is 4.90 Å². The predicted octanol–water partition coefficient (Wildman–Crippen LogP) is 2.30. The van der Waals surface area contributed by atoms with Crippen LogP contribution in [-0.2, 0) is 11.1 Å². The molecular formula is C9H10O2S. The molecule has 0 radical (unpaired) electrons. The highest BCUT2D eigenvalue weighted by Gasteiger charge is 1.98. The van der Waals surface area contributed by atoms with Crippen LogP contribution in [0.15, 0.2) is 35.7 Å². The normalized spacial score (nSPS) is 12.5. The van der Waals surface area contributed by atoms with Crippen molar-refractivity contribution in [1.82, 2.24) is 0 Å². The highest BCUT2D eigenvalue weighted by atomic mass is 32.2. The Balaban J connectivity index is 3.01. The molecule has 0 aliphatic rings. The van der Waals surface area contributed by atoms with Crippen LogP contribution in [0.4, 0.5) is 0 Å². The Labute approximate surface area is 74.2 Å². The lowest BCUT2D eigenvalue weighted by Crippen LogP contribution is -1.87. The van der Waals surface area contributed by atoms with Gasteiger partial charge in [0.25, 0.3) is 0 Å². The first-order chi connectivity index (χ1) is 5.61. The van der Waals surface area contributed by atoms with Gasteiger partial charge in [0.2, 0.25) is 0 Å². The smallest absolute Gasteiger partial charge is 0.186 e. The third-order valence-electron chi connectivity index (χ3n) is 1.55. The second-order valence-electron chi connectivity index (χ2n) is 2.55. The van der Waals surface area contributed by atoms with Crippen LogP contribution >= 0.6 is 0 Å². The molecule has 0 fully saturated rings. The van der Waals surface area contributed by atoms with Crippen LogP contribution in [0.3, 0.4) is 0 Å². The Morgan fingerprint density at radius 2 is 1.92 bits per heavy atom. The van der Waals surface area contributed by atoms with Gasteiger partial charge in [-0.3, -0.25) is 0 Å². The van der Waals surface area contributed by atoms with E-state index in [1.165, 1.54) is 0 Å². The van der Waals surface area contributed by atoms with Gasteiger partial charge in [-0.1, -0.05) is 24.3 Å². The fraction of sp³-hybridized carbons (Fsp3) is 0.111. The number of hydrogen-bond donors (Lipinski definition) is 1. The lowest BCUT2D eigenvalue weighted by atomic mass is 10.1. The molecule has 1 N–H and O–H groups in total. The van der Waals surface area contributed by atoms with Crippen molar-refractivity contribution in [2.45, 2.75) is 11.8 Å². The summed E-state index contributed by atoms with van der Waals surface area (Å²) >= 11 is -1.88. The van der Waals surface area contributed by atoms with Crippen molar-refractivity contribution in [3.05, 3.63) is 36.4 Å². The van der Waals surface area contributed by atoms with Gasteiger partial charge in [0, 0.05) is 0 Å². The van der Waals surface area contributed by atoms with Gasteiger partial charge in [-0.05, 0) is 24.6 Å². The average Bonchev–Trinajstić information content (AvgIpc) is 2.04. The van der Waals surface area contributed by atoms with Crippen molar-refractivity contribution in [2.24, 2.45) is 0 Å². The maximum atomic E-state index is 10.6. The molecule has 1 rings (SSSR count). The Hall–Kier alpha value is -0.930. The Morgan fingerprint density at radius 1 is 1.42 bits per heavy atom. The Morgan fingerprint density at radius 3 is 2.25 bits per heavy atom. The second-order valence-corrected chi connectivity index (χ2v) is 3.52. The summed E-state index contributed by atoms with van der Waals surface area (Å²) in [6.07, 6.45) is 0. The molecule has 1 atom stereocenters. The molecule has 0 heterocycles. The van der Waals surface area contributed by atoms with Crippen LogP contribution in [0.5, 0.6) is 0 Å². The zero-order valence-electron chi connectivity index (χ0n) is 6.78. The minimum absolute atomic E-state index is 0.417. The third-order valence-corrected chi connectivity index (χ3v) is 2.22. The van der Waals surface area contributed by atoms with Crippen LogP contribution < -0.4 is 0 Å². The fourth-order valence-electron chi connectivity index (χ4n) is 0.856. The average molecular weight is 182 g/mol. The summed E-state index contributed by atoms with van der Waals surface area (Å²) in [6, 6.07) is 6.82. The minimum atomic E-state index is -1.88. The van der Waals surface area contributed by atoms with Gasteiger partial charge in [0.05, 0.1) is 4.90 Å². The van der Waals surface area contributed by atoms with Crippen LogP contribution in [-0.4, -0.2) is 8.76 Å². The molecule has 0 spiro atoms. The van der Waals surface area contributed by atoms with Gasteiger partial charge in [-0.2, -0.15) is 0 Å². The molecular weight excluding hydrogens is 172 g/mol. The highest BCUT2D eigenvalue weighted by Crippen LogP contribution is 2.13. The largest absolute Gasteiger partial charge is 0.302 e. The number of benzene rings is 1. The monoisotopic (exact) mass is 182 g/mol. The molecule has 0 bridgehead atoms. The first-order valence-corrected chi connectivity index (χ1v) is 4.59. The Bertz CT molecular complexity index is 281. The summed E-state index contributed by atoms with van der Waals surface area (Å²) in [5.41, 5.74) is 1.94. The predicted molar refractivity (Wildman–Crippen MR) is 50.2 cm³/mol. The quantitative estimate of drug-likeness (QED) is 0.712. The molecule has 0 aliphatic carbocycles. The van der Waals surface area contributed by atoms with E-state index >= 15 is 0 Å². The topological polar surface area (TPSA) is 37.3 Å². The Kier molecular flexibility index (Phi) is 2.78. The molecule has 12 heavy (non-hydrogen) atoms. The molecule has 3 heteroatoms. The first kappa shape index (κ1) is 9.16. The molecule has 0 aliphatic heterocycles. The second kappa shape index (κ2) is 3.65. The van der Waals surface area contributed by atoms with E-state index in [1.807, 2.05) is 6.92 Å². The van der Waals surface area contributed by atoms with Gasteiger partial charge in [-0.25, -0.2) is 4.21 Å². The zero-order valence-corrected chi connectivity index (χ0v) is 7.60. The summed E-state index contributed by atoms with van der Waals surface area (Å²) < 4.78 is 19.3.